The summed E-state index contributed by atoms with van der Waals surface area (Å²) < 4.78 is 0. The lowest BCUT2D eigenvalue weighted by atomic mass is 10.1. The van der Waals surface area contributed by atoms with Gasteiger partial charge in [0.1, 0.15) is 0 Å². The normalized spacial score (nSPS) is 11.0. The maximum Gasteiger partial charge on any atom is 0.250 e. The number of carbonyl (C=O) groups is 1. The molecule has 0 saturated carbocycles. The van der Waals surface area contributed by atoms with Crippen molar-refractivity contribution in [2.45, 2.75) is 13.3 Å². The highest BCUT2D eigenvalue weighted by Gasteiger charge is 2.07. The SMILES string of the molecule is Cc1ccccc1/C=C\C(=O)Nc1ncc(Cc2ccccc2Cl)s1. The van der Waals surface area contributed by atoms with E-state index >= 15 is 0 Å². The first-order valence-electron chi connectivity index (χ1n) is 7.84. The number of rotatable bonds is 5. The van der Waals surface area contributed by atoms with Crippen LogP contribution >= 0.6 is 22.9 Å². The molecule has 0 fully saturated rings. The Labute approximate surface area is 156 Å². The van der Waals surface area contributed by atoms with Gasteiger partial charge in [-0.15, -0.1) is 11.3 Å². The summed E-state index contributed by atoms with van der Waals surface area (Å²) in [7, 11) is 0. The van der Waals surface area contributed by atoms with Crippen LogP contribution in [0.3, 0.4) is 0 Å². The summed E-state index contributed by atoms with van der Waals surface area (Å²) in [5, 5.41) is 4.12. The molecular weight excluding hydrogens is 352 g/mol. The van der Waals surface area contributed by atoms with E-state index in [1.165, 1.54) is 17.4 Å². The minimum absolute atomic E-state index is 0.193. The minimum Gasteiger partial charge on any atom is -0.298 e. The van der Waals surface area contributed by atoms with Gasteiger partial charge < -0.3 is 0 Å². The molecule has 1 aromatic heterocycles. The van der Waals surface area contributed by atoms with Crippen LogP contribution in [-0.4, -0.2) is 10.9 Å². The second-order valence-electron chi connectivity index (χ2n) is 5.58. The van der Waals surface area contributed by atoms with Crippen molar-refractivity contribution < 1.29 is 4.79 Å². The molecule has 2 aromatic carbocycles. The second kappa shape index (κ2) is 8.10. The van der Waals surface area contributed by atoms with Crippen LogP contribution in [0.4, 0.5) is 5.13 Å². The molecule has 0 saturated heterocycles. The number of thiazole rings is 1. The molecule has 0 aliphatic carbocycles. The van der Waals surface area contributed by atoms with Gasteiger partial charge in [0.2, 0.25) is 5.91 Å². The highest BCUT2D eigenvalue weighted by molar-refractivity contribution is 7.15. The molecule has 1 amide bonds. The molecule has 3 nitrogen and oxygen atoms in total. The van der Waals surface area contributed by atoms with Crippen LogP contribution in [0.2, 0.25) is 5.02 Å². The largest absolute Gasteiger partial charge is 0.298 e. The van der Waals surface area contributed by atoms with E-state index < -0.39 is 0 Å². The fourth-order valence-corrected chi connectivity index (χ4v) is 3.40. The first-order valence-corrected chi connectivity index (χ1v) is 9.04. The van der Waals surface area contributed by atoms with Crippen molar-refractivity contribution in [3.05, 3.63) is 87.4 Å². The van der Waals surface area contributed by atoms with E-state index in [4.69, 9.17) is 11.6 Å². The van der Waals surface area contributed by atoms with Gasteiger partial charge in [-0.1, -0.05) is 54.1 Å². The van der Waals surface area contributed by atoms with Gasteiger partial charge in [-0.2, -0.15) is 0 Å². The molecule has 1 N–H and O–H groups in total. The highest BCUT2D eigenvalue weighted by Crippen LogP contribution is 2.24. The Hall–Kier alpha value is -2.43. The third-order valence-corrected chi connectivity index (χ3v) is 4.99. The Morgan fingerprint density at radius 3 is 2.76 bits per heavy atom. The average Bonchev–Trinajstić information content (AvgIpc) is 3.03. The van der Waals surface area contributed by atoms with Crippen molar-refractivity contribution in [1.29, 1.82) is 0 Å². The van der Waals surface area contributed by atoms with Crippen molar-refractivity contribution in [2.24, 2.45) is 0 Å². The highest BCUT2D eigenvalue weighted by atomic mass is 35.5. The Balaban J connectivity index is 1.62. The van der Waals surface area contributed by atoms with Crippen molar-refractivity contribution in [2.75, 3.05) is 5.32 Å². The van der Waals surface area contributed by atoms with Crippen LogP contribution in [0.1, 0.15) is 21.6 Å². The summed E-state index contributed by atoms with van der Waals surface area (Å²) in [5.74, 6) is -0.193. The zero-order valence-electron chi connectivity index (χ0n) is 13.7. The lowest BCUT2D eigenvalue weighted by Gasteiger charge is -2.01. The van der Waals surface area contributed by atoms with E-state index in [2.05, 4.69) is 10.3 Å². The lowest BCUT2D eigenvalue weighted by Crippen LogP contribution is -2.07. The van der Waals surface area contributed by atoms with Gasteiger partial charge in [-0.05, 0) is 35.8 Å². The molecule has 0 unspecified atom stereocenters. The van der Waals surface area contributed by atoms with Crippen LogP contribution in [0.5, 0.6) is 0 Å². The summed E-state index contributed by atoms with van der Waals surface area (Å²) in [6.07, 6.45) is 5.81. The van der Waals surface area contributed by atoms with E-state index in [9.17, 15) is 4.79 Å². The maximum atomic E-state index is 12.1. The zero-order valence-corrected chi connectivity index (χ0v) is 15.3. The second-order valence-corrected chi connectivity index (χ2v) is 7.10. The standard InChI is InChI=1S/C20H17ClN2OS/c1-14-6-2-3-7-15(14)10-11-19(24)23-20-22-13-17(25-20)12-16-8-4-5-9-18(16)21/h2-11,13H,12H2,1H3,(H,22,23,24)/b11-10-. The molecule has 0 aliphatic rings. The molecule has 0 aliphatic heterocycles. The van der Waals surface area contributed by atoms with Gasteiger partial charge in [-0.25, -0.2) is 4.98 Å². The first-order chi connectivity index (χ1) is 12.1. The number of halogens is 1. The summed E-state index contributed by atoms with van der Waals surface area (Å²) in [5.41, 5.74) is 3.20. The number of benzene rings is 2. The fourth-order valence-electron chi connectivity index (χ4n) is 2.36. The number of nitrogens with zero attached hydrogens (tertiary/aromatic N) is 1. The predicted molar refractivity (Wildman–Crippen MR) is 105 cm³/mol. The molecule has 0 atom stereocenters. The Bertz CT molecular complexity index is 917. The number of aryl methyl sites for hydroxylation is 1. The Morgan fingerprint density at radius 2 is 1.96 bits per heavy atom. The van der Waals surface area contributed by atoms with Gasteiger partial charge >= 0.3 is 0 Å². The summed E-state index contributed by atoms with van der Waals surface area (Å²) in [4.78, 5) is 17.4. The first kappa shape index (κ1) is 17.4. The van der Waals surface area contributed by atoms with Crippen molar-refractivity contribution in [3.63, 3.8) is 0 Å². The summed E-state index contributed by atoms with van der Waals surface area (Å²) in [6, 6.07) is 15.6. The smallest absolute Gasteiger partial charge is 0.250 e. The molecule has 3 aromatic rings. The fraction of sp³-hybridized carbons (Fsp3) is 0.100. The maximum absolute atomic E-state index is 12.1. The number of carbonyl (C=O) groups excluding carboxylic acids is 1. The number of aromatic nitrogens is 1. The molecule has 3 rings (SSSR count). The van der Waals surface area contributed by atoms with Gasteiger partial charge in [0.25, 0.3) is 0 Å². The van der Waals surface area contributed by atoms with E-state index in [-0.39, 0.29) is 5.91 Å². The Kier molecular flexibility index (Phi) is 5.64. The molecule has 126 valence electrons. The third-order valence-electron chi connectivity index (χ3n) is 3.71. The number of hydrogen-bond donors (Lipinski definition) is 1. The molecule has 1 heterocycles. The summed E-state index contributed by atoms with van der Waals surface area (Å²) in [6.45, 7) is 2.01. The van der Waals surface area contributed by atoms with E-state index in [0.717, 1.165) is 26.6 Å². The monoisotopic (exact) mass is 368 g/mol. The molecule has 0 radical (unpaired) electrons. The molecule has 0 bridgehead atoms. The molecule has 0 spiro atoms. The van der Waals surface area contributed by atoms with Crippen LogP contribution in [0.25, 0.3) is 6.08 Å². The number of nitrogens with one attached hydrogen (secondary N) is 1. The van der Waals surface area contributed by atoms with E-state index in [0.29, 0.717) is 11.6 Å². The van der Waals surface area contributed by atoms with Gasteiger partial charge in [-0.3, -0.25) is 10.1 Å². The van der Waals surface area contributed by atoms with Crippen molar-refractivity contribution in [3.8, 4) is 0 Å². The number of hydrogen-bond acceptors (Lipinski definition) is 3. The van der Waals surface area contributed by atoms with Crippen LogP contribution in [0.15, 0.2) is 60.8 Å². The van der Waals surface area contributed by atoms with Crippen LogP contribution in [-0.2, 0) is 11.2 Å². The lowest BCUT2D eigenvalue weighted by molar-refractivity contribution is -0.111. The van der Waals surface area contributed by atoms with Gasteiger partial charge in [0.05, 0.1) is 0 Å². The number of amides is 1. The van der Waals surface area contributed by atoms with E-state index in [1.807, 2.05) is 61.5 Å². The predicted octanol–water partition coefficient (Wildman–Crippen LogP) is 5.35. The minimum atomic E-state index is -0.193. The van der Waals surface area contributed by atoms with Crippen molar-refractivity contribution >= 4 is 40.1 Å². The van der Waals surface area contributed by atoms with Gasteiger partial charge in [0.15, 0.2) is 5.13 Å². The number of anilines is 1. The summed E-state index contributed by atoms with van der Waals surface area (Å²) >= 11 is 7.64. The van der Waals surface area contributed by atoms with Gasteiger partial charge in [0, 0.05) is 28.6 Å². The van der Waals surface area contributed by atoms with Crippen molar-refractivity contribution in [1.82, 2.24) is 4.98 Å². The zero-order chi connectivity index (χ0) is 17.6. The van der Waals surface area contributed by atoms with Crippen LogP contribution < -0.4 is 5.32 Å². The Morgan fingerprint density at radius 1 is 1.20 bits per heavy atom. The quantitative estimate of drug-likeness (QED) is 0.617. The molecular formula is C20H17ClN2OS. The molecule has 25 heavy (non-hydrogen) atoms. The molecule has 5 heteroatoms. The van der Waals surface area contributed by atoms with E-state index in [1.54, 1.807) is 6.20 Å². The topological polar surface area (TPSA) is 42.0 Å². The van der Waals surface area contributed by atoms with Crippen LogP contribution in [0, 0.1) is 6.92 Å². The average molecular weight is 369 g/mol. The third kappa shape index (κ3) is 4.78.